The lowest BCUT2D eigenvalue weighted by Gasteiger charge is -2.09. The highest BCUT2D eigenvalue weighted by atomic mass is 32.1. The number of methoxy groups -OCH3 is 1. The van der Waals surface area contributed by atoms with E-state index in [9.17, 15) is 4.79 Å². The summed E-state index contributed by atoms with van der Waals surface area (Å²) in [5, 5.41) is 6.44. The summed E-state index contributed by atoms with van der Waals surface area (Å²) in [6.07, 6.45) is 1.13. The van der Waals surface area contributed by atoms with Crippen molar-refractivity contribution >= 4 is 40.0 Å². The summed E-state index contributed by atoms with van der Waals surface area (Å²) in [4.78, 5) is 15.2. The quantitative estimate of drug-likeness (QED) is 0.771. The average Bonchev–Trinajstić information content (AvgIpc) is 2.38. The van der Waals surface area contributed by atoms with Crippen molar-refractivity contribution in [2.24, 2.45) is 0 Å². The fourth-order valence-corrected chi connectivity index (χ4v) is 1.66. The predicted molar refractivity (Wildman–Crippen MR) is 73.5 cm³/mol. The molecule has 0 aliphatic heterocycles. The van der Waals surface area contributed by atoms with Crippen LogP contribution in [0.3, 0.4) is 0 Å². The molecule has 2 aromatic rings. The number of hydrogen-bond acceptors (Lipinski definition) is 4. The van der Waals surface area contributed by atoms with Crippen molar-refractivity contribution in [3.8, 4) is 0 Å². The summed E-state index contributed by atoms with van der Waals surface area (Å²) in [6, 6.07) is 9.41. The number of thiocarbonyl (C=S) groups is 1. The molecule has 0 unspecified atom stereocenters. The van der Waals surface area contributed by atoms with Crippen LogP contribution in [0.15, 0.2) is 36.5 Å². The minimum absolute atomic E-state index is 0.185. The number of carbonyl (C=O) groups excluding carboxylic acids is 1. The molecule has 0 fully saturated rings. The van der Waals surface area contributed by atoms with E-state index in [1.165, 1.54) is 7.11 Å². The molecular weight excluding hydrogens is 250 g/mol. The highest BCUT2D eigenvalue weighted by molar-refractivity contribution is 7.80. The van der Waals surface area contributed by atoms with Crippen LogP contribution in [0.4, 0.5) is 10.5 Å². The van der Waals surface area contributed by atoms with Gasteiger partial charge in [0.2, 0.25) is 0 Å². The van der Waals surface area contributed by atoms with E-state index in [-0.39, 0.29) is 5.11 Å². The molecule has 0 radical (unpaired) electrons. The van der Waals surface area contributed by atoms with Crippen LogP contribution in [-0.4, -0.2) is 23.3 Å². The number of alkyl carbamates (subject to hydrolysis) is 1. The maximum Gasteiger partial charge on any atom is 0.413 e. The monoisotopic (exact) mass is 261 g/mol. The second-order valence-corrected chi connectivity index (χ2v) is 3.89. The van der Waals surface area contributed by atoms with Gasteiger partial charge >= 0.3 is 6.09 Å². The first kappa shape index (κ1) is 12.3. The molecule has 1 aromatic carbocycles. The van der Waals surface area contributed by atoms with Crippen molar-refractivity contribution in [3.63, 3.8) is 0 Å². The third kappa shape index (κ3) is 2.92. The zero-order valence-electron chi connectivity index (χ0n) is 9.64. The van der Waals surface area contributed by atoms with Gasteiger partial charge in [-0.05, 0) is 36.5 Å². The van der Waals surface area contributed by atoms with Crippen LogP contribution in [0.5, 0.6) is 0 Å². The van der Waals surface area contributed by atoms with Crippen LogP contribution in [0.25, 0.3) is 10.9 Å². The van der Waals surface area contributed by atoms with E-state index >= 15 is 0 Å². The number of hydrogen-bond donors (Lipinski definition) is 2. The van der Waals surface area contributed by atoms with E-state index in [2.05, 4.69) is 20.4 Å². The highest BCUT2D eigenvalue weighted by Crippen LogP contribution is 2.16. The molecule has 0 spiro atoms. The molecule has 2 rings (SSSR count). The van der Waals surface area contributed by atoms with Gasteiger partial charge in [-0.15, -0.1) is 0 Å². The van der Waals surface area contributed by atoms with Crippen molar-refractivity contribution in [1.82, 2.24) is 10.3 Å². The van der Waals surface area contributed by atoms with Gasteiger partial charge in [-0.2, -0.15) is 0 Å². The standard InChI is InChI=1S/C12H11N3O2S/c1-17-12(16)15-11(18)14-9-4-5-10-8(7-9)3-2-6-13-10/h2-7H,1H3,(H2,14,15,16,18). The topological polar surface area (TPSA) is 63.2 Å². The Hall–Kier alpha value is -2.21. The van der Waals surface area contributed by atoms with Crippen LogP contribution >= 0.6 is 12.2 Å². The molecular formula is C12H11N3O2S. The number of ether oxygens (including phenoxy) is 1. The zero-order valence-corrected chi connectivity index (χ0v) is 10.5. The Labute approximate surface area is 109 Å². The lowest BCUT2D eigenvalue weighted by Crippen LogP contribution is -2.33. The number of rotatable bonds is 1. The number of anilines is 1. The Kier molecular flexibility index (Phi) is 3.69. The zero-order chi connectivity index (χ0) is 13.0. The Bertz CT molecular complexity index is 601. The van der Waals surface area contributed by atoms with Gasteiger partial charge in [0.15, 0.2) is 5.11 Å². The van der Waals surface area contributed by atoms with Gasteiger partial charge in [0.1, 0.15) is 0 Å². The van der Waals surface area contributed by atoms with E-state index in [0.29, 0.717) is 0 Å². The molecule has 2 N–H and O–H groups in total. The first-order valence-electron chi connectivity index (χ1n) is 5.20. The van der Waals surface area contributed by atoms with Crippen LogP contribution < -0.4 is 10.6 Å². The second-order valence-electron chi connectivity index (χ2n) is 3.48. The molecule has 0 saturated carbocycles. The van der Waals surface area contributed by atoms with Gasteiger partial charge in [-0.3, -0.25) is 10.3 Å². The number of fused-ring (bicyclic) bond motifs is 1. The molecule has 1 amide bonds. The van der Waals surface area contributed by atoms with E-state index in [1.54, 1.807) is 6.20 Å². The summed E-state index contributed by atoms with van der Waals surface area (Å²) in [7, 11) is 1.28. The number of nitrogens with zero attached hydrogens (tertiary/aromatic N) is 1. The minimum Gasteiger partial charge on any atom is -0.453 e. The normalized spacial score (nSPS) is 9.83. The van der Waals surface area contributed by atoms with Crippen molar-refractivity contribution in [2.45, 2.75) is 0 Å². The Balaban J connectivity index is 2.12. The first-order valence-corrected chi connectivity index (χ1v) is 5.60. The third-order valence-electron chi connectivity index (χ3n) is 2.26. The maximum absolute atomic E-state index is 11.0. The van der Waals surface area contributed by atoms with Crippen LogP contribution in [0.1, 0.15) is 0 Å². The molecule has 1 heterocycles. The molecule has 0 bridgehead atoms. The number of benzene rings is 1. The van der Waals surface area contributed by atoms with Crippen molar-refractivity contribution in [2.75, 3.05) is 12.4 Å². The van der Waals surface area contributed by atoms with E-state index in [4.69, 9.17) is 12.2 Å². The Morgan fingerprint density at radius 1 is 1.39 bits per heavy atom. The summed E-state index contributed by atoms with van der Waals surface area (Å²) < 4.78 is 4.44. The third-order valence-corrected chi connectivity index (χ3v) is 2.47. The van der Waals surface area contributed by atoms with Gasteiger partial charge in [-0.25, -0.2) is 4.79 Å². The minimum atomic E-state index is -0.602. The lowest BCUT2D eigenvalue weighted by molar-refractivity contribution is 0.177. The molecule has 0 atom stereocenters. The number of amides is 1. The fourth-order valence-electron chi connectivity index (χ4n) is 1.46. The highest BCUT2D eigenvalue weighted by Gasteiger charge is 2.04. The van der Waals surface area contributed by atoms with Crippen LogP contribution in [-0.2, 0) is 4.74 Å². The van der Waals surface area contributed by atoms with Crippen molar-refractivity contribution < 1.29 is 9.53 Å². The van der Waals surface area contributed by atoms with Crippen molar-refractivity contribution in [1.29, 1.82) is 0 Å². The molecule has 18 heavy (non-hydrogen) atoms. The lowest BCUT2D eigenvalue weighted by atomic mass is 10.2. The number of nitrogens with one attached hydrogen (secondary N) is 2. The largest absolute Gasteiger partial charge is 0.453 e. The van der Waals surface area contributed by atoms with Gasteiger partial charge in [-0.1, -0.05) is 6.07 Å². The Morgan fingerprint density at radius 3 is 3.00 bits per heavy atom. The van der Waals surface area contributed by atoms with Crippen molar-refractivity contribution in [3.05, 3.63) is 36.5 Å². The molecule has 0 aliphatic rings. The van der Waals surface area contributed by atoms with E-state index in [1.807, 2.05) is 30.3 Å². The average molecular weight is 261 g/mol. The number of pyridine rings is 1. The van der Waals surface area contributed by atoms with Gasteiger partial charge in [0.25, 0.3) is 0 Å². The van der Waals surface area contributed by atoms with Crippen LogP contribution in [0, 0.1) is 0 Å². The maximum atomic E-state index is 11.0. The molecule has 0 aliphatic carbocycles. The summed E-state index contributed by atoms with van der Waals surface area (Å²) in [5.41, 5.74) is 1.67. The number of aromatic nitrogens is 1. The molecule has 92 valence electrons. The van der Waals surface area contributed by atoms with Crippen LogP contribution in [0.2, 0.25) is 0 Å². The van der Waals surface area contributed by atoms with E-state index < -0.39 is 6.09 Å². The summed E-state index contributed by atoms with van der Waals surface area (Å²) in [5.74, 6) is 0. The molecule has 5 nitrogen and oxygen atoms in total. The first-order chi connectivity index (χ1) is 8.69. The molecule has 6 heteroatoms. The van der Waals surface area contributed by atoms with Gasteiger partial charge in [0.05, 0.1) is 12.6 Å². The molecule has 1 aromatic heterocycles. The SMILES string of the molecule is COC(=O)NC(=S)Nc1ccc2ncccc2c1. The number of carbonyl (C=O) groups is 1. The van der Waals surface area contributed by atoms with Gasteiger partial charge in [0, 0.05) is 17.3 Å². The Morgan fingerprint density at radius 2 is 2.22 bits per heavy atom. The fraction of sp³-hybridized carbons (Fsp3) is 0.0833. The predicted octanol–water partition coefficient (Wildman–Crippen LogP) is 2.29. The second kappa shape index (κ2) is 5.42. The summed E-state index contributed by atoms with van der Waals surface area (Å²) in [6.45, 7) is 0. The van der Waals surface area contributed by atoms with E-state index in [0.717, 1.165) is 16.6 Å². The van der Waals surface area contributed by atoms with Gasteiger partial charge < -0.3 is 10.1 Å². The molecule has 0 saturated heterocycles. The smallest absolute Gasteiger partial charge is 0.413 e. The summed E-state index contributed by atoms with van der Waals surface area (Å²) >= 11 is 4.96.